The van der Waals surface area contributed by atoms with Crippen molar-refractivity contribution in [1.82, 2.24) is 9.97 Å². The van der Waals surface area contributed by atoms with Crippen LogP contribution < -0.4 is 5.32 Å². The number of amides is 1. The number of aromatic hydroxyl groups is 1. The fourth-order valence-electron chi connectivity index (χ4n) is 2.40. The van der Waals surface area contributed by atoms with E-state index in [9.17, 15) is 9.90 Å². The number of anilines is 1. The third kappa shape index (κ3) is 3.20. The van der Waals surface area contributed by atoms with Gasteiger partial charge >= 0.3 is 0 Å². The van der Waals surface area contributed by atoms with Gasteiger partial charge in [0.25, 0.3) is 5.91 Å². The summed E-state index contributed by atoms with van der Waals surface area (Å²) in [5.74, 6) is -0.263. The predicted molar refractivity (Wildman–Crippen MR) is 94.3 cm³/mol. The number of aromatic nitrogens is 2. The number of phenols is 1. The van der Waals surface area contributed by atoms with Crippen molar-refractivity contribution in [1.29, 1.82) is 0 Å². The lowest BCUT2D eigenvalue weighted by molar-refractivity contribution is 0.102. The van der Waals surface area contributed by atoms with Gasteiger partial charge in [0.2, 0.25) is 0 Å². The number of hydrogen-bond donors (Lipinski definition) is 2. The monoisotopic (exact) mass is 321 g/mol. The average molecular weight is 321 g/mol. The zero-order valence-electron chi connectivity index (χ0n) is 13.9. The average Bonchev–Trinajstić information content (AvgIpc) is 2.55. The molecule has 1 amide bonds. The molecule has 3 aromatic rings. The number of phenolic OH excluding ortho intramolecular Hbond substituents is 1. The van der Waals surface area contributed by atoms with Crippen molar-refractivity contribution in [2.24, 2.45) is 0 Å². The number of carbonyl (C=O) groups is 1. The lowest BCUT2D eigenvalue weighted by atomic mass is 9.87. The number of nitrogens with zero attached hydrogens (tertiary/aromatic N) is 2. The molecule has 0 aliphatic rings. The molecule has 0 radical (unpaired) electrons. The van der Waals surface area contributed by atoms with Crippen LogP contribution in [0.3, 0.4) is 0 Å². The Morgan fingerprint density at radius 3 is 2.42 bits per heavy atom. The second kappa shape index (κ2) is 5.92. The Morgan fingerprint density at radius 2 is 1.71 bits per heavy atom. The Bertz CT molecular complexity index is 914. The molecule has 5 heteroatoms. The van der Waals surface area contributed by atoms with Gasteiger partial charge in [-0.25, -0.2) is 0 Å². The van der Waals surface area contributed by atoms with E-state index in [1.807, 2.05) is 6.07 Å². The van der Waals surface area contributed by atoms with Crippen molar-refractivity contribution in [3.63, 3.8) is 0 Å². The van der Waals surface area contributed by atoms with Crippen LogP contribution in [-0.2, 0) is 5.41 Å². The van der Waals surface area contributed by atoms with Gasteiger partial charge in [0.1, 0.15) is 5.75 Å². The molecule has 1 aromatic heterocycles. The summed E-state index contributed by atoms with van der Waals surface area (Å²) in [6.45, 7) is 6.23. The first-order chi connectivity index (χ1) is 11.3. The quantitative estimate of drug-likeness (QED) is 0.702. The van der Waals surface area contributed by atoms with Crippen LogP contribution >= 0.6 is 0 Å². The molecule has 0 fully saturated rings. The Balaban J connectivity index is 1.91. The van der Waals surface area contributed by atoms with E-state index >= 15 is 0 Å². The molecule has 1 heterocycles. The molecule has 0 spiro atoms. The first kappa shape index (κ1) is 15.9. The normalized spacial score (nSPS) is 11.5. The van der Waals surface area contributed by atoms with Crippen molar-refractivity contribution < 1.29 is 9.90 Å². The molecule has 0 aliphatic carbocycles. The highest BCUT2D eigenvalue weighted by Crippen LogP contribution is 2.31. The minimum absolute atomic E-state index is 0.0388. The van der Waals surface area contributed by atoms with E-state index in [1.165, 1.54) is 0 Å². The highest BCUT2D eigenvalue weighted by molar-refractivity contribution is 6.06. The molecule has 5 nitrogen and oxygen atoms in total. The zero-order valence-corrected chi connectivity index (χ0v) is 13.9. The van der Waals surface area contributed by atoms with Crippen LogP contribution in [0.2, 0.25) is 0 Å². The number of nitrogens with one attached hydrogen (secondary N) is 1. The summed E-state index contributed by atoms with van der Waals surface area (Å²) in [7, 11) is 0. The van der Waals surface area contributed by atoms with Gasteiger partial charge in [-0.3, -0.25) is 14.8 Å². The number of carbonyl (C=O) groups excluding carboxylic acids is 1. The first-order valence-electron chi connectivity index (χ1n) is 7.70. The van der Waals surface area contributed by atoms with E-state index in [0.717, 1.165) is 11.1 Å². The van der Waals surface area contributed by atoms with E-state index < -0.39 is 0 Å². The molecule has 2 aromatic carbocycles. The van der Waals surface area contributed by atoms with E-state index in [4.69, 9.17) is 0 Å². The molecule has 0 saturated carbocycles. The van der Waals surface area contributed by atoms with Gasteiger partial charge in [-0.1, -0.05) is 26.8 Å². The van der Waals surface area contributed by atoms with Gasteiger partial charge < -0.3 is 10.4 Å². The van der Waals surface area contributed by atoms with Crippen LogP contribution in [0, 0.1) is 0 Å². The van der Waals surface area contributed by atoms with E-state index in [0.29, 0.717) is 16.8 Å². The molecule has 0 aliphatic heterocycles. The van der Waals surface area contributed by atoms with Crippen LogP contribution in [0.5, 0.6) is 5.75 Å². The highest BCUT2D eigenvalue weighted by Gasteiger charge is 2.17. The number of benzene rings is 2. The van der Waals surface area contributed by atoms with Crippen LogP contribution in [0.15, 0.2) is 48.8 Å². The maximum absolute atomic E-state index is 12.5. The molecule has 0 atom stereocenters. The number of hydrogen-bond acceptors (Lipinski definition) is 4. The third-order valence-corrected chi connectivity index (χ3v) is 3.84. The Morgan fingerprint density at radius 1 is 1.00 bits per heavy atom. The standard InChI is InChI=1S/C19H19N3O2/c1-19(2,3)13-5-7-17(23)16(11-13)22-18(24)12-4-6-14-15(10-12)21-9-8-20-14/h4-11,23H,1-3H3,(H,22,24). The SMILES string of the molecule is CC(C)(C)c1ccc(O)c(NC(=O)c2ccc3nccnc3c2)c1. The van der Waals surface area contributed by atoms with Crippen molar-refractivity contribution in [3.05, 3.63) is 59.9 Å². The Kier molecular flexibility index (Phi) is 3.93. The lowest BCUT2D eigenvalue weighted by Crippen LogP contribution is -2.15. The van der Waals surface area contributed by atoms with Crippen LogP contribution in [0.4, 0.5) is 5.69 Å². The molecule has 122 valence electrons. The van der Waals surface area contributed by atoms with Crippen LogP contribution in [0.1, 0.15) is 36.7 Å². The Hall–Kier alpha value is -2.95. The second-order valence-electron chi connectivity index (χ2n) is 6.70. The maximum Gasteiger partial charge on any atom is 0.255 e. The molecule has 24 heavy (non-hydrogen) atoms. The van der Waals surface area contributed by atoms with Gasteiger partial charge in [0.05, 0.1) is 16.7 Å². The topological polar surface area (TPSA) is 75.1 Å². The highest BCUT2D eigenvalue weighted by atomic mass is 16.3. The summed E-state index contributed by atoms with van der Waals surface area (Å²) in [5, 5.41) is 12.8. The van der Waals surface area contributed by atoms with Crippen molar-refractivity contribution in [3.8, 4) is 5.75 Å². The van der Waals surface area contributed by atoms with Gasteiger partial charge in [0.15, 0.2) is 0 Å². The first-order valence-corrected chi connectivity index (χ1v) is 7.70. The fraction of sp³-hybridized carbons (Fsp3) is 0.211. The summed E-state index contributed by atoms with van der Waals surface area (Å²) in [4.78, 5) is 20.9. The molecule has 0 unspecified atom stereocenters. The lowest BCUT2D eigenvalue weighted by Gasteiger charge is -2.20. The third-order valence-electron chi connectivity index (χ3n) is 3.84. The summed E-state index contributed by atoms with van der Waals surface area (Å²) in [6, 6.07) is 10.4. The zero-order chi connectivity index (χ0) is 17.3. The Labute approximate surface area is 140 Å². The smallest absolute Gasteiger partial charge is 0.255 e. The van der Waals surface area contributed by atoms with Gasteiger partial charge in [-0.2, -0.15) is 0 Å². The van der Waals surface area contributed by atoms with E-state index in [-0.39, 0.29) is 17.1 Å². The largest absolute Gasteiger partial charge is 0.506 e. The molecule has 0 saturated heterocycles. The summed E-state index contributed by atoms with van der Waals surface area (Å²) < 4.78 is 0. The molecular weight excluding hydrogens is 302 g/mol. The van der Waals surface area contributed by atoms with Crippen molar-refractivity contribution in [2.45, 2.75) is 26.2 Å². The van der Waals surface area contributed by atoms with E-state index in [2.05, 4.69) is 36.1 Å². The molecule has 3 rings (SSSR count). The second-order valence-corrected chi connectivity index (χ2v) is 6.70. The molecule has 0 bridgehead atoms. The summed E-state index contributed by atoms with van der Waals surface area (Å²) >= 11 is 0. The summed E-state index contributed by atoms with van der Waals surface area (Å²) in [6.07, 6.45) is 3.20. The van der Waals surface area contributed by atoms with Crippen LogP contribution in [0.25, 0.3) is 11.0 Å². The molecule has 2 N–H and O–H groups in total. The predicted octanol–water partition coefficient (Wildman–Crippen LogP) is 3.89. The van der Waals surface area contributed by atoms with Crippen molar-refractivity contribution in [2.75, 3.05) is 5.32 Å². The minimum Gasteiger partial charge on any atom is -0.506 e. The van der Waals surface area contributed by atoms with Gasteiger partial charge in [0, 0.05) is 18.0 Å². The van der Waals surface area contributed by atoms with Gasteiger partial charge in [-0.15, -0.1) is 0 Å². The number of fused-ring (bicyclic) bond motifs is 1. The van der Waals surface area contributed by atoms with Gasteiger partial charge in [-0.05, 0) is 41.3 Å². The number of rotatable bonds is 2. The maximum atomic E-state index is 12.5. The molecular formula is C19H19N3O2. The minimum atomic E-state index is -0.302. The summed E-state index contributed by atoms with van der Waals surface area (Å²) in [5.41, 5.74) is 3.19. The van der Waals surface area contributed by atoms with E-state index in [1.54, 1.807) is 42.7 Å². The fourth-order valence-corrected chi connectivity index (χ4v) is 2.40. The van der Waals surface area contributed by atoms with Crippen molar-refractivity contribution >= 4 is 22.6 Å². The van der Waals surface area contributed by atoms with Crippen LogP contribution in [-0.4, -0.2) is 21.0 Å².